The summed E-state index contributed by atoms with van der Waals surface area (Å²) < 4.78 is 115. The van der Waals surface area contributed by atoms with Crippen molar-refractivity contribution in [3.05, 3.63) is 95.3 Å². The number of hydrogen-bond acceptors (Lipinski definition) is 7. The largest absolute Gasteiger partial charge is 0.490 e. The van der Waals surface area contributed by atoms with E-state index >= 15 is 4.39 Å². The van der Waals surface area contributed by atoms with E-state index in [0.717, 1.165) is 18.2 Å². The highest BCUT2D eigenvalue weighted by Gasteiger charge is 2.40. The number of sulfonamides is 2. The molecule has 234 valence electrons. The molecule has 11 nitrogen and oxygen atoms in total. The van der Waals surface area contributed by atoms with E-state index in [1.165, 1.54) is 24.3 Å². The number of alkyl halides is 3. The molecule has 2 heterocycles. The first kappa shape index (κ1) is 32.5. The lowest BCUT2D eigenvalue weighted by atomic mass is 10.0. The van der Waals surface area contributed by atoms with E-state index in [0.29, 0.717) is 16.6 Å². The molecule has 2 atom stereocenters. The Labute approximate surface area is 246 Å². The number of nitrogens with zero attached hydrogens (tertiary/aromatic N) is 1. The van der Waals surface area contributed by atoms with Crippen LogP contribution in [0, 0.1) is 11.6 Å². The molecule has 18 heteroatoms. The van der Waals surface area contributed by atoms with Crippen molar-refractivity contribution >= 4 is 43.0 Å². The van der Waals surface area contributed by atoms with Crippen LogP contribution in [-0.4, -0.2) is 50.0 Å². The summed E-state index contributed by atoms with van der Waals surface area (Å²) in [6, 6.07) is 14.4. The predicted octanol–water partition coefficient (Wildman–Crippen LogP) is 3.63. The van der Waals surface area contributed by atoms with Gasteiger partial charge >= 0.3 is 12.1 Å². The Morgan fingerprint density at radius 2 is 1.75 bits per heavy atom. The van der Waals surface area contributed by atoms with Crippen molar-refractivity contribution in [3.8, 4) is 0 Å². The maximum absolute atomic E-state index is 15.0. The molecule has 1 aromatic heterocycles. The standard InChI is InChI=1S/C24H20F2N4O5S2.C2HF3O2/c25-15-4-3-5-16(12-15)36(32,33)29-21(24-27-19-6-1-2-7-20(19)28-24)11-14-8-9-17(18(26)10-14)22-13-23(31)30-37(22,34)35;3-2(4,5)1(6)7/h1-10,12,21-22,29H,11,13H2,(H,27,28)(H,30,31);(H,6,7)/t21-,22-;/m0./s1. The number of aliphatic carboxylic acids is 1. The molecular formula is C26H21F5N4O7S2. The Hall–Kier alpha value is -4.42. The van der Waals surface area contributed by atoms with Gasteiger partial charge in [0.15, 0.2) is 0 Å². The normalized spacial score (nSPS) is 17.0. The van der Waals surface area contributed by atoms with Crippen molar-refractivity contribution in [3.63, 3.8) is 0 Å². The molecule has 1 aliphatic rings. The zero-order valence-corrected chi connectivity index (χ0v) is 23.6. The Morgan fingerprint density at radius 1 is 1.07 bits per heavy atom. The number of carboxylic acid groups (broad SMARTS) is 1. The Balaban J connectivity index is 0.000000566. The third-order valence-electron chi connectivity index (χ3n) is 6.24. The van der Waals surface area contributed by atoms with Gasteiger partial charge in [-0.15, -0.1) is 0 Å². The fourth-order valence-electron chi connectivity index (χ4n) is 4.24. The van der Waals surface area contributed by atoms with Crippen molar-refractivity contribution in [1.29, 1.82) is 0 Å². The van der Waals surface area contributed by atoms with E-state index in [4.69, 9.17) is 9.90 Å². The van der Waals surface area contributed by atoms with Crippen LogP contribution in [-0.2, 0) is 36.1 Å². The van der Waals surface area contributed by atoms with E-state index in [1.54, 1.807) is 24.3 Å². The van der Waals surface area contributed by atoms with Gasteiger partial charge < -0.3 is 10.1 Å². The van der Waals surface area contributed by atoms with Gasteiger partial charge in [0, 0.05) is 5.56 Å². The third-order valence-corrected chi connectivity index (χ3v) is 9.39. The van der Waals surface area contributed by atoms with Crippen molar-refractivity contribution < 1.29 is 53.5 Å². The van der Waals surface area contributed by atoms with Crippen LogP contribution < -0.4 is 9.44 Å². The number of fused-ring (bicyclic) bond motifs is 1. The lowest BCUT2D eigenvalue weighted by molar-refractivity contribution is -0.192. The molecule has 0 unspecified atom stereocenters. The van der Waals surface area contributed by atoms with Gasteiger partial charge in [0.05, 0.1) is 28.4 Å². The second kappa shape index (κ2) is 12.3. The van der Waals surface area contributed by atoms with Crippen molar-refractivity contribution in [2.45, 2.75) is 35.2 Å². The lowest BCUT2D eigenvalue weighted by Crippen LogP contribution is -2.31. The number of aromatic amines is 1. The fourth-order valence-corrected chi connectivity index (χ4v) is 6.91. The number of hydrogen-bond donors (Lipinski definition) is 4. The number of carbonyl (C=O) groups is 2. The van der Waals surface area contributed by atoms with Crippen LogP contribution in [0.1, 0.15) is 34.7 Å². The number of halogens is 5. The minimum absolute atomic E-state index is 0.0693. The van der Waals surface area contributed by atoms with Gasteiger partial charge in [-0.1, -0.05) is 30.3 Å². The van der Waals surface area contributed by atoms with E-state index in [9.17, 15) is 39.2 Å². The molecule has 0 radical (unpaired) electrons. The SMILES string of the molecule is O=C(O)C(F)(F)F.O=C1C[C@@H](c2ccc(C[C@H](NS(=O)(=O)c3cccc(F)c3)c3nc4ccccc4[nH]3)cc2F)S(=O)(=O)N1. The van der Waals surface area contributed by atoms with Crippen LogP contribution in [0.4, 0.5) is 22.0 Å². The molecule has 5 rings (SSSR count). The molecule has 4 N–H and O–H groups in total. The van der Waals surface area contributed by atoms with Crippen molar-refractivity contribution in [2.24, 2.45) is 0 Å². The summed E-state index contributed by atoms with van der Waals surface area (Å²) in [5.74, 6) is -4.80. The van der Waals surface area contributed by atoms with E-state index in [2.05, 4.69) is 14.7 Å². The monoisotopic (exact) mass is 660 g/mol. The first-order valence-corrected chi connectivity index (χ1v) is 15.3. The molecule has 0 bridgehead atoms. The molecule has 0 saturated carbocycles. The summed E-state index contributed by atoms with van der Waals surface area (Å²) in [4.78, 5) is 27.7. The predicted molar refractivity (Wildman–Crippen MR) is 144 cm³/mol. The topological polar surface area (TPSA) is 175 Å². The number of carboxylic acids is 1. The highest BCUT2D eigenvalue weighted by atomic mass is 32.2. The molecule has 1 amide bonds. The van der Waals surface area contributed by atoms with Gasteiger partial charge in [-0.2, -0.15) is 13.2 Å². The summed E-state index contributed by atoms with van der Waals surface area (Å²) in [6.07, 6.45) is -5.55. The van der Waals surface area contributed by atoms with Gasteiger partial charge in [0.1, 0.15) is 22.7 Å². The minimum atomic E-state index is -5.08. The number of benzene rings is 3. The maximum Gasteiger partial charge on any atom is 0.490 e. The van der Waals surface area contributed by atoms with E-state index < -0.39 is 67.4 Å². The van der Waals surface area contributed by atoms with E-state index in [1.807, 2.05) is 4.72 Å². The first-order chi connectivity index (χ1) is 20.5. The molecule has 4 aromatic rings. The molecule has 0 spiro atoms. The summed E-state index contributed by atoms with van der Waals surface area (Å²) in [6.45, 7) is 0. The Morgan fingerprint density at radius 3 is 2.32 bits per heavy atom. The third kappa shape index (κ3) is 7.56. The number of rotatable bonds is 7. The highest BCUT2D eigenvalue weighted by molar-refractivity contribution is 7.90. The number of H-pyrrole nitrogens is 1. The smallest absolute Gasteiger partial charge is 0.475 e. The van der Waals surface area contributed by atoms with Gasteiger partial charge in [-0.3, -0.25) is 9.52 Å². The van der Waals surface area contributed by atoms with Crippen LogP contribution in [0.5, 0.6) is 0 Å². The van der Waals surface area contributed by atoms with Crippen molar-refractivity contribution in [2.75, 3.05) is 0 Å². The molecule has 1 fully saturated rings. The molecule has 1 aliphatic heterocycles. The van der Waals surface area contributed by atoms with E-state index in [-0.39, 0.29) is 22.7 Å². The minimum Gasteiger partial charge on any atom is -0.475 e. The molecular weight excluding hydrogens is 639 g/mol. The number of carbonyl (C=O) groups excluding carboxylic acids is 1. The number of nitrogens with one attached hydrogen (secondary N) is 3. The molecule has 1 saturated heterocycles. The fraction of sp³-hybridized carbons (Fsp3) is 0.192. The van der Waals surface area contributed by atoms with Gasteiger partial charge in [-0.05, 0) is 48.4 Å². The highest BCUT2D eigenvalue weighted by Crippen LogP contribution is 2.33. The Bertz CT molecular complexity index is 1910. The quantitative estimate of drug-likeness (QED) is 0.217. The van der Waals surface area contributed by atoms with Crippen LogP contribution in [0.25, 0.3) is 11.0 Å². The summed E-state index contributed by atoms with van der Waals surface area (Å²) in [7, 11) is -8.25. The average molecular weight is 661 g/mol. The summed E-state index contributed by atoms with van der Waals surface area (Å²) in [5, 5.41) is 5.77. The number of aromatic nitrogens is 2. The summed E-state index contributed by atoms with van der Waals surface area (Å²) >= 11 is 0. The van der Waals surface area contributed by atoms with Crippen molar-refractivity contribution in [1.82, 2.24) is 19.4 Å². The zero-order valence-electron chi connectivity index (χ0n) is 22.0. The van der Waals surface area contributed by atoms with Gasteiger partial charge in [0.25, 0.3) is 0 Å². The zero-order chi connectivity index (χ0) is 32.4. The second-order valence-corrected chi connectivity index (χ2v) is 13.0. The molecule has 0 aliphatic carbocycles. The van der Waals surface area contributed by atoms with Gasteiger partial charge in [-0.25, -0.2) is 40.1 Å². The molecule has 44 heavy (non-hydrogen) atoms. The number of para-hydroxylation sites is 2. The number of imidazole rings is 1. The summed E-state index contributed by atoms with van der Waals surface area (Å²) in [5.41, 5.74) is 1.40. The maximum atomic E-state index is 15.0. The van der Waals surface area contributed by atoms with Crippen LogP contribution in [0.2, 0.25) is 0 Å². The number of amides is 1. The lowest BCUT2D eigenvalue weighted by Gasteiger charge is -2.18. The van der Waals surface area contributed by atoms with Crippen LogP contribution in [0.15, 0.2) is 71.6 Å². The molecule has 3 aromatic carbocycles. The van der Waals surface area contributed by atoms with Crippen LogP contribution >= 0.6 is 0 Å². The van der Waals surface area contributed by atoms with Gasteiger partial charge in [0.2, 0.25) is 26.0 Å². The van der Waals surface area contributed by atoms with Crippen LogP contribution in [0.3, 0.4) is 0 Å². The average Bonchev–Trinajstić information content (AvgIpc) is 3.47. The first-order valence-electron chi connectivity index (χ1n) is 12.3. The Kier molecular flexibility index (Phi) is 9.08. The second-order valence-electron chi connectivity index (χ2n) is 9.40.